The average molecular weight is 274 g/mol. The minimum Gasteiger partial charge on any atom is -0.472 e. The summed E-state index contributed by atoms with van der Waals surface area (Å²) < 4.78 is 10.0. The molecule has 0 unspecified atom stereocenters. The lowest BCUT2D eigenvalue weighted by Gasteiger charge is -2.21. The number of carbonyl (C=O) groups excluding carboxylic acids is 1. The smallest absolute Gasteiger partial charge is 0.340 e. The van der Waals surface area contributed by atoms with Crippen molar-refractivity contribution in [2.24, 2.45) is 0 Å². The maximum Gasteiger partial charge on any atom is 0.340 e. The monoisotopic (exact) mass is 274 g/mol. The highest BCUT2D eigenvalue weighted by Crippen LogP contribution is 2.27. The molecule has 5 nitrogen and oxygen atoms in total. The molecule has 2 N–H and O–H groups in total. The van der Waals surface area contributed by atoms with Gasteiger partial charge in [0, 0.05) is 19.2 Å². The van der Waals surface area contributed by atoms with Crippen molar-refractivity contribution in [1.82, 2.24) is 0 Å². The molecule has 0 aliphatic carbocycles. The molecular weight excluding hydrogens is 256 g/mol. The maximum absolute atomic E-state index is 11.8. The molecule has 1 heterocycles. The fourth-order valence-electron chi connectivity index (χ4n) is 2.01. The molecule has 0 amide bonds. The lowest BCUT2D eigenvalue weighted by molar-refractivity contribution is 0.0527. The lowest BCUT2D eigenvalue weighted by atomic mass is 10.1. The first kappa shape index (κ1) is 14.0. The number of nitrogen functional groups attached to an aromatic ring is 1. The SMILES string of the molecule is CCOC(=O)c1cccc(N(C)Cc2ccoc2)c1N. The Kier molecular flexibility index (Phi) is 4.30. The molecule has 106 valence electrons. The Hall–Kier alpha value is -2.43. The van der Waals surface area contributed by atoms with Gasteiger partial charge in [-0.2, -0.15) is 0 Å². The van der Waals surface area contributed by atoms with E-state index < -0.39 is 5.97 Å². The number of hydrogen-bond donors (Lipinski definition) is 1. The molecule has 1 aromatic carbocycles. The van der Waals surface area contributed by atoms with Gasteiger partial charge in [0.05, 0.1) is 36.1 Å². The molecule has 2 aromatic rings. The quantitative estimate of drug-likeness (QED) is 0.670. The Morgan fingerprint density at radius 3 is 2.85 bits per heavy atom. The van der Waals surface area contributed by atoms with E-state index in [1.54, 1.807) is 31.6 Å². The van der Waals surface area contributed by atoms with Crippen LogP contribution in [-0.4, -0.2) is 19.6 Å². The molecule has 0 spiro atoms. The molecule has 20 heavy (non-hydrogen) atoms. The van der Waals surface area contributed by atoms with E-state index in [-0.39, 0.29) is 0 Å². The summed E-state index contributed by atoms with van der Waals surface area (Å²) in [5, 5.41) is 0. The Labute approximate surface area is 117 Å². The first-order valence-electron chi connectivity index (χ1n) is 6.41. The molecule has 0 fully saturated rings. The van der Waals surface area contributed by atoms with Gasteiger partial charge < -0.3 is 19.8 Å². The maximum atomic E-state index is 11.8. The molecule has 0 saturated carbocycles. The number of rotatable bonds is 5. The van der Waals surface area contributed by atoms with Gasteiger partial charge in [0.1, 0.15) is 0 Å². The Morgan fingerprint density at radius 2 is 2.20 bits per heavy atom. The van der Waals surface area contributed by atoms with Crippen LogP contribution in [0.25, 0.3) is 0 Å². The third-order valence-corrected chi connectivity index (χ3v) is 2.99. The van der Waals surface area contributed by atoms with Crippen molar-refractivity contribution in [3.63, 3.8) is 0 Å². The Bertz CT molecular complexity index is 579. The fraction of sp³-hybridized carbons (Fsp3) is 0.267. The van der Waals surface area contributed by atoms with Crippen molar-refractivity contribution < 1.29 is 13.9 Å². The van der Waals surface area contributed by atoms with Crippen molar-refractivity contribution in [2.75, 3.05) is 24.3 Å². The van der Waals surface area contributed by atoms with Gasteiger partial charge in [-0.05, 0) is 25.1 Å². The van der Waals surface area contributed by atoms with Gasteiger partial charge in [0.15, 0.2) is 0 Å². The van der Waals surface area contributed by atoms with Gasteiger partial charge in [0.25, 0.3) is 0 Å². The van der Waals surface area contributed by atoms with Gasteiger partial charge in [0.2, 0.25) is 0 Å². The number of para-hydroxylation sites is 1. The number of hydrogen-bond acceptors (Lipinski definition) is 5. The zero-order valence-electron chi connectivity index (χ0n) is 11.6. The summed E-state index contributed by atoms with van der Waals surface area (Å²) in [5.74, 6) is -0.399. The van der Waals surface area contributed by atoms with Crippen LogP contribution in [0.15, 0.2) is 41.2 Å². The third-order valence-electron chi connectivity index (χ3n) is 2.99. The van der Waals surface area contributed by atoms with E-state index in [1.807, 2.05) is 24.1 Å². The number of furan rings is 1. The molecular formula is C15H18N2O3. The molecule has 0 aliphatic rings. The summed E-state index contributed by atoms with van der Waals surface area (Å²) in [5.41, 5.74) is 8.72. The van der Waals surface area contributed by atoms with Gasteiger partial charge >= 0.3 is 5.97 Å². The highest BCUT2D eigenvalue weighted by molar-refractivity contribution is 5.98. The predicted octanol–water partition coefficient (Wildman–Crippen LogP) is 2.67. The van der Waals surface area contributed by atoms with Crippen molar-refractivity contribution in [3.8, 4) is 0 Å². The van der Waals surface area contributed by atoms with Crippen LogP contribution in [0.2, 0.25) is 0 Å². The molecule has 2 rings (SSSR count). The number of nitrogens with two attached hydrogens (primary N) is 1. The summed E-state index contributed by atoms with van der Waals surface area (Å²) in [7, 11) is 1.91. The van der Waals surface area contributed by atoms with E-state index in [0.29, 0.717) is 24.4 Å². The summed E-state index contributed by atoms with van der Waals surface area (Å²) >= 11 is 0. The summed E-state index contributed by atoms with van der Waals surface area (Å²) in [6.45, 7) is 2.74. The third kappa shape index (κ3) is 2.93. The minimum atomic E-state index is -0.399. The van der Waals surface area contributed by atoms with Crippen LogP contribution in [0.5, 0.6) is 0 Å². The normalized spacial score (nSPS) is 10.3. The van der Waals surface area contributed by atoms with Crippen LogP contribution in [0, 0.1) is 0 Å². The Morgan fingerprint density at radius 1 is 1.40 bits per heavy atom. The fourth-order valence-corrected chi connectivity index (χ4v) is 2.01. The van der Waals surface area contributed by atoms with E-state index in [1.165, 1.54) is 0 Å². The molecule has 0 radical (unpaired) electrons. The average Bonchev–Trinajstić information content (AvgIpc) is 2.92. The van der Waals surface area contributed by atoms with Crippen molar-refractivity contribution in [3.05, 3.63) is 47.9 Å². The predicted molar refractivity (Wildman–Crippen MR) is 77.6 cm³/mol. The number of benzene rings is 1. The molecule has 0 atom stereocenters. The number of anilines is 2. The highest BCUT2D eigenvalue weighted by atomic mass is 16.5. The van der Waals surface area contributed by atoms with Crippen molar-refractivity contribution in [2.45, 2.75) is 13.5 Å². The van der Waals surface area contributed by atoms with Crippen molar-refractivity contribution in [1.29, 1.82) is 0 Å². The van der Waals surface area contributed by atoms with Crippen molar-refractivity contribution >= 4 is 17.3 Å². The van der Waals surface area contributed by atoms with Gasteiger partial charge in [-0.3, -0.25) is 0 Å². The summed E-state index contributed by atoms with van der Waals surface area (Å²) in [6.07, 6.45) is 3.31. The first-order chi connectivity index (χ1) is 9.63. The molecule has 5 heteroatoms. The second-order valence-corrected chi connectivity index (χ2v) is 4.45. The van der Waals surface area contributed by atoms with Crippen LogP contribution in [0.4, 0.5) is 11.4 Å². The van der Waals surface area contributed by atoms with Crippen LogP contribution >= 0.6 is 0 Å². The van der Waals surface area contributed by atoms with E-state index in [9.17, 15) is 4.79 Å². The highest BCUT2D eigenvalue weighted by Gasteiger charge is 2.15. The van der Waals surface area contributed by atoms with Crippen LogP contribution < -0.4 is 10.6 Å². The number of carbonyl (C=O) groups is 1. The molecule has 0 saturated heterocycles. The topological polar surface area (TPSA) is 68.7 Å². The molecule has 0 bridgehead atoms. The minimum absolute atomic E-state index is 0.327. The zero-order valence-corrected chi connectivity index (χ0v) is 11.6. The number of nitrogens with zero attached hydrogens (tertiary/aromatic N) is 1. The largest absolute Gasteiger partial charge is 0.472 e. The second-order valence-electron chi connectivity index (χ2n) is 4.45. The lowest BCUT2D eigenvalue weighted by Crippen LogP contribution is -2.19. The summed E-state index contributed by atoms with van der Waals surface area (Å²) in [4.78, 5) is 13.8. The van der Waals surface area contributed by atoms with Gasteiger partial charge in [-0.1, -0.05) is 6.07 Å². The van der Waals surface area contributed by atoms with Crippen LogP contribution in [-0.2, 0) is 11.3 Å². The van der Waals surface area contributed by atoms with E-state index in [4.69, 9.17) is 14.9 Å². The second kappa shape index (κ2) is 6.14. The molecule has 1 aromatic heterocycles. The summed E-state index contributed by atoms with van der Waals surface area (Å²) in [6, 6.07) is 7.23. The number of esters is 1. The molecule has 0 aliphatic heterocycles. The van der Waals surface area contributed by atoms with E-state index in [0.717, 1.165) is 11.3 Å². The Balaban J connectivity index is 2.23. The van der Waals surface area contributed by atoms with E-state index in [2.05, 4.69) is 0 Å². The van der Waals surface area contributed by atoms with E-state index >= 15 is 0 Å². The first-order valence-corrected chi connectivity index (χ1v) is 6.41. The van der Waals surface area contributed by atoms with Crippen LogP contribution in [0.1, 0.15) is 22.8 Å². The van der Waals surface area contributed by atoms with Gasteiger partial charge in [-0.15, -0.1) is 0 Å². The van der Waals surface area contributed by atoms with Gasteiger partial charge in [-0.25, -0.2) is 4.79 Å². The zero-order chi connectivity index (χ0) is 14.5. The number of ether oxygens (including phenoxy) is 1. The standard InChI is InChI=1S/C15H18N2O3/c1-3-20-15(18)12-5-4-6-13(14(12)16)17(2)9-11-7-8-19-10-11/h4-8,10H,3,9,16H2,1-2H3. The van der Waals surface area contributed by atoms with Crippen LogP contribution in [0.3, 0.4) is 0 Å².